The van der Waals surface area contributed by atoms with Crippen LogP contribution in [0.25, 0.3) is 0 Å². The zero-order valence-corrected chi connectivity index (χ0v) is 19.7. The van der Waals surface area contributed by atoms with Crippen LogP contribution >= 0.6 is 34.7 Å². The van der Waals surface area contributed by atoms with Crippen LogP contribution in [0.1, 0.15) is 5.56 Å². The highest BCUT2D eigenvalue weighted by atomic mass is 79.9. The van der Waals surface area contributed by atoms with Crippen LogP contribution in [0.5, 0.6) is 5.75 Å². The van der Waals surface area contributed by atoms with E-state index < -0.39 is 7.14 Å². The van der Waals surface area contributed by atoms with Crippen LogP contribution in [-0.4, -0.2) is 30.4 Å². The van der Waals surface area contributed by atoms with Crippen molar-refractivity contribution in [1.82, 2.24) is 9.97 Å². The van der Waals surface area contributed by atoms with E-state index in [0.717, 1.165) is 21.0 Å². The lowest BCUT2D eigenvalue weighted by Gasteiger charge is -2.16. The monoisotopic (exact) mass is 494 g/mol. The largest absolute Gasteiger partial charge is 0.493 e. The van der Waals surface area contributed by atoms with Crippen LogP contribution < -0.4 is 20.7 Å². The highest BCUT2D eigenvalue weighted by Crippen LogP contribution is 2.39. The molecule has 0 aliphatic carbocycles. The number of aromatic nitrogens is 2. The van der Waals surface area contributed by atoms with Gasteiger partial charge in [-0.05, 0) is 66.0 Å². The number of halogens is 2. The normalized spacial score (nSPS) is 11.2. The fourth-order valence-corrected chi connectivity index (χ4v) is 4.87. The number of rotatable bonds is 6. The fourth-order valence-electron chi connectivity index (χ4n) is 2.84. The van der Waals surface area contributed by atoms with Gasteiger partial charge >= 0.3 is 0 Å². The molecule has 0 unspecified atom stereocenters. The lowest BCUT2D eigenvalue weighted by atomic mass is 10.2. The average molecular weight is 496 g/mol. The zero-order chi connectivity index (χ0) is 21.2. The summed E-state index contributed by atoms with van der Waals surface area (Å²) in [5.74, 6) is 1.41. The summed E-state index contributed by atoms with van der Waals surface area (Å²) in [6, 6.07) is 11.3. The van der Waals surface area contributed by atoms with Crippen LogP contribution in [0.4, 0.5) is 23.1 Å². The summed E-state index contributed by atoms with van der Waals surface area (Å²) in [7, 11) is -0.884. The number of para-hydroxylation sites is 1. The van der Waals surface area contributed by atoms with Gasteiger partial charge in [-0.25, -0.2) is 4.98 Å². The van der Waals surface area contributed by atoms with Gasteiger partial charge in [0.1, 0.15) is 12.2 Å². The second-order valence-electron chi connectivity index (χ2n) is 6.84. The minimum absolute atomic E-state index is 0.348. The van der Waals surface area contributed by atoms with Crippen molar-refractivity contribution < 1.29 is 9.30 Å². The molecule has 9 heteroatoms. The van der Waals surface area contributed by atoms with E-state index in [1.165, 1.54) is 6.20 Å². The smallest absolute Gasteiger partial charge is 0.229 e. The van der Waals surface area contributed by atoms with Crippen molar-refractivity contribution in [2.75, 3.05) is 31.1 Å². The van der Waals surface area contributed by atoms with Crippen molar-refractivity contribution in [2.24, 2.45) is 0 Å². The molecular weight excluding hydrogens is 475 g/mol. The first kappa shape index (κ1) is 21.6. The Morgan fingerprint density at radius 2 is 1.86 bits per heavy atom. The molecule has 3 rings (SSSR count). The number of anilines is 4. The second kappa shape index (κ2) is 8.74. The Labute approximate surface area is 183 Å². The lowest BCUT2D eigenvalue weighted by molar-refractivity contribution is 0.414. The SMILES string of the molecule is COc1c(Br)cc(C)cc1Nc1ncc(Cl)c(Nc2ccccc2P(C)(C)=O)n1. The number of nitrogens with zero attached hydrogens (tertiary/aromatic N) is 2. The Bertz CT molecular complexity index is 1100. The summed E-state index contributed by atoms with van der Waals surface area (Å²) in [4.78, 5) is 8.76. The van der Waals surface area contributed by atoms with E-state index in [-0.39, 0.29) is 0 Å². The molecule has 29 heavy (non-hydrogen) atoms. The predicted octanol–water partition coefficient (Wildman–Crippen LogP) is 5.94. The molecule has 0 aliphatic heterocycles. The third kappa shape index (κ3) is 5.10. The van der Waals surface area contributed by atoms with Gasteiger partial charge in [-0.15, -0.1) is 0 Å². The molecule has 0 atom stereocenters. The van der Waals surface area contributed by atoms with Gasteiger partial charge < -0.3 is 19.9 Å². The molecule has 0 amide bonds. The molecule has 0 spiro atoms. The molecule has 0 aliphatic rings. The van der Waals surface area contributed by atoms with E-state index in [4.69, 9.17) is 16.3 Å². The minimum atomic E-state index is -2.48. The van der Waals surface area contributed by atoms with E-state index in [2.05, 4.69) is 36.5 Å². The van der Waals surface area contributed by atoms with Gasteiger partial charge in [0.05, 0.1) is 29.2 Å². The molecule has 0 bridgehead atoms. The Morgan fingerprint density at radius 1 is 1.14 bits per heavy atom. The Balaban J connectivity index is 1.96. The number of ether oxygens (including phenoxy) is 1. The molecule has 2 N–H and O–H groups in total. The summed E-state index contributed by atoms with van der Waals surface area (Å²) in [6.07, 6.45) is 1.51. The number of hydrogen-bond acceptors (Lipinski definition) is 6. The number of aryl methyl sites for hydroxylation is 1. The molecule has 0 fully saturated rings. The van der Waals surface area contributed by atoms with Crippen molar-refractivity contribution in [2.45, 2.75) is 6.92 Å². The van der Waals surface area contributed by atoms with Gasteiger partial charge in [0, 0.05) is 5.30 Å². The Morgan fingerprint density at radius 3 is 2.55 bits per heavy atom. The summed E-state index contributed by atoms with van der Waals surface area (Å²) >= 11 is 9.81. The van der Waals surface area contributed by atoms with Gasteiger partial charge in [0.15, 0.2) is 11.6 Å². The summed E-state index contributed by atoms with van der Waals surface area (Å²) < 4.78 is 18.9. The first-order valence-electron chi connectivity index (χ1n) is 8.74. The second-order valence-corrected chi connectivity index (χ2v) is 11.3. The van der Waals surface area contributed by atoms with Crippen LogP contribution in [0.2, 0.25) is 5.02 Å². The minimum Gasteiger partial charge on any atom is -0.493 e. The quantitative estimate of drug-likeness (QED) is 0.412. The molecule has 152 valence electrons. The maximum absolute atomic E-state index is 12.6. The predicted molar refractivity (Wildman–Crippen MR) is 125 cm³/mol. The molecule has 6 nitrogen and oxygen atoms in total. The third-order valence-corrected chi connectivity index (χ3v) is 6.54. The maximum atomic E-state index is 12.6. The number of nitrogens with one attached hydrogen (secondary N) is 2. The number of methoxy groups -OCH3 is 1. The van der Waals surface area contributed by atoms with Crippen molar-refractivity contribution >= 4 is 63.1 Å². The first-order valence-corrected chi connectivity index (χ1v) is 12.5. The molecule has 1 heterocycles. The van der Waals surface area contributed by atoms with Crippen LogP contribution in [0.15, 0.2) is 47.1 Å². The van der Waals surface area contributed by atoms with Crippen LogP contribution in [-0.2, 0) is 4.57 Å². The Kier molecular flexibility index (Phi) is 6.52. The topological polar surface area (TPSA) is 76.1 Å². The zero-order valence-electron chi connectivity index (χ0n) is 16.5. The van der Waals surface area contributed by atoms with Gasteiger partial charge in [-0.1, -0.05) is 23.7 Å². The molecule has 0 radical (unpaired) electrons. The third-order valence-electron chi connectivity index (χ3n) is 4.12. The summed E-state index contributed by atoms with van der Waals surface area (Å²) in [6.45, 7) is 5.43. The maximum Gasteiger partial charge on any atom is 0.229 e. The van der Waals surface area contributed by atoms with E-state index in [9.17, 15) is 4.57 Å². The average Bonchev–Trinajstić information content (AvgIpc) is 2.64. The standard InChI is InChI=1S/C20H21BrClN4O2P/c1-12-9-13(21)18(28-2)16(10-12)25-20-23-11-14(22)19(26-20)24-15-7-5-6-8-17(15)29(3,4)27/h5-11H,1-4H3,(H2,23,24,25,26). The molecule has 0 saturated carbocycles. The van der Waals surface area contributed by atoms with Gasteiger partial charge in [-0.3, -0.25) is 0 Å². The molecule has 1 aromatic heterocycles. The van der Waals surface area contributed by atoms with Crippen molar-refractivity contribution in [3.8, 4) is 5.75 Å². The highest BCUT2D eigenvalue weighted by molar-refractivity contribution is 9.10. The summed E-state index contributed by atoms with van der Waals surface area (Å²) in [5, 5.41) is 7.44. The van der Waals surface area contributed by atoms with Crippen LogP contribution in [0.3, 0.4) is 0 Å². The fraction of sp³-hybridized carbons (Fsp3) is 0.200. The van der Waals surface area contributed by atoms with E-state index >= 15 is 0 Å². The summed E-state index contributed by atoms with van der Waals surface area (Å²) in [5.41, 5.74) is 2.46. The Hall–Kier alpha value is -2.08. The molecular formula is C20H21BrClN4O2P. The molecule has 3 aromatic rings. The first-order chi connectivity index (χ1) is 13.7. The number of hydrogen-bond donors (Lipinski definition) is 2. The van der Waals surface area contributed by atoms with Gasteiger partial charge in [0.25, 0.3) is 0 Å². The number of benzene rings is 2. The van der Waals surface area contributed by atoms with Crippen molar-refractivity contribution in [3.63, 3.8) is 0 Å². The van der Waals surface area contributed by atoms with E-state index in [1.54, 1.807) is 20.4 Å². The van der Waals surface area contributed by atoms with Gasteiger partial charge in [-0.2, -0.15) is 4.98 Å². The lowest BCUT2D eigenvalue weighted by Crippen LogP contribution is -2.11. The van der Waals surface area contributed by atoms with E-state index in [0.29, 0.717) is 28.2 Å². The highest BCUT2D eigenvalue weighted by Gasteiger charge is 2.17. The van der Waals surface area contributed by atoms with Crippen LogP contribution in [0, 0.1) is 6.92 Å². The molecule has 0 saturated heterocycles. The van der Waals surface area contributed by atoms with Crippen molar-refractivity contribution in [3.05, 3.63) is 57.7 Å². The van der Waals surface area contributed by atoms with Gasteiger partial charge in [0.2, 0.25) is 5.95 Å². The van der Waals surface area contributed by atoms with Crippen molar-refractivity contribution in [1.29, 1.82) is 0 Å². The molecule has 2 aromatic carbocycles. The van der Waals surface area contributed by atoms with E-state index in [1.807, 2.05) is 43.3 Å².